The zero-order valence-corrected chi connectivity index (χ0v) is 16.4. The summed E-state index contributed by atoms with van der Waals surface area (Å²) in [7, 11) is 2.06. The Morgan fingerprint density at radius 3 is 2.69 bits per heavy atom. The number of hydrogen-bond donors (Lipinski definition) is 1. The second-order valence-electron chi connectivity index (χ2n) is 6.66. The Morgan fingerprint density at radius 1 is 1.31 bits per heavy atom. The molecule has 0 fully saturated rings. The van der Waals surface area contributed by atoms with Crippen LogP contribution in [-0.2, 0) is 19.5 Å². The monoisotopic (exact) mass is 354 g/mol. The third-order valence-corrected chi connectivity index (χ3v) is 4.05. The Kier molecular flexibility index (Phi) is 7.38. The van der Waals surface area contributed by atoms with Crippen LogP contribution in [0.2, 0.25) is 0 Å². The first-order chi connectivity index (χ1) is 12.5. The molecule has 0 unspecified atom stereocenters. The average molecular weight is 355 g/mol. The summed E-state index contributed by atoms with van der Waals surface area (Å²) in [6.45, 7) is 13.1. The molecule has 0 bridgehead atoms. The van der Waals surface area contributed by atoms with Crippen molar-refractivity contribution in [1.29, 1.82) is 0 Å². The summed E-state index contributed by atoms with van der Waals surface area (Å²) >= 11 is 0. The number of rotatable bonds is 8. The number of hydrogen-bond acceptors (Lipinski definition) is 3. The molecule has 6 heteroatoms. The first-order valence-electron chi connectivity index (χ1n) is 9.05. The number of aryl methyl sites for hydroxylation is 2. The van der Waals surface area contributed by atoms with Crippen LogP contribution in [-0.4, -0.2) is 45.8 Å². The minimum absolute atomic E-state index is 0.618. The topological polar surface area (TPSA) is 58.3 Å². The number of nitrogens with zero attached hydrogens (tertiary/aromatic N) is 5. The van der Waals surface area contributed by atoms with Crippen LogP contribution in [0.25, 0.3) is 0 Å². The van der Waals surface area contributed by atoms with Gasteiger partial charge in [0.05, 0.1) is 6.54 Å². The van der Waals surface area contributed by atoms with E-state index in [9.17, 15) is 0 Å². The molecule has 1 aromatic carbocycles. The molecule has 0 saturated carbocycles. The maximum Gasteiger partial charge on any atom is 0.194 e. The molecule has 0 spiro atoms. The Balaban J connectivity index is 1.99. The highest BCUT2D eigenvalue weighted by Crippen LogP contribution is 2.06. The molecular formula is C20H30N6. The van der Waals surface area contributed by atoms with Gasteiger partial charge in [0.25, 0.3) is 0 Å². The van der Waals surface area contributed by atoms with Gasteiger partial charge in [0.1, 0.15) is 12.2 Å². The summed E-state index contributed by atoms with van der Waals surface area (Å²) in [4.78, 5) is 6.83. The first-order valence-corrected chi connectivity index (χ1v) is 9.05. The Bertz CT molecular complexity index is 729. The fourth-order valence-electron chi connectivity index (χ4n) is 2.59. The molecule has 0 atom stereocenters. The molecule has 26 heavy (non-hydrogen) atoms. The molecule has 1 heterocycles. The summed E-state index contributed by atoms with van der Waals surface area (Å²) in [6.07, 6.45) is 2.66. The lowest BCUT2D eigenvalue weighted by Crippen LogP contribution is -2.40. The summed E-state index contributed by atoms with van der Waals surface area (Å²) in [6, 6.07) is 8.60. The molecule has 2 aromatic rings. The van der Waals surface area contributed by atoms with Crippen LogP contribution in [0.3, 0.4) is 0 Å². The van der Waals surface area contributed by atoms with E-state index in [0.29, 0.717) is 6.54 Å². The largest absolute Gasteiger partial charge is 0.354 e. The van der Waals surface area contributed by atoms with E-state index in [2.05, 4.69) is 81.7 Å². The smallest absolute Gasteiger partial charge is 0.194 e. The molecule has 0 saturated heterocycles. The molecule has 1 aromatic heterocycles. The lowest BCUT2D eigenvalue weighted by atomic mass is 10.1. The maximum atomic E-state index is 4.69. The third-order valence-electron chi connectivity index (χ3n) is 4.05. The molecular weight excluding hydrogens is 324 g/mol. The molecule has 0 aliphatic rings. The lowest BCUT2D eigenvalue weighted by molar-refractivity contribution is 0.471. The number of aromatic nitrogens is 3. The van der Waals surface area contributed by atoms with Crippen molar-refractivity contribution < 1.29 is 0 Å². The molecule has 0 aliphatic heterocycles. The van der Waals surface area contributed by atoms with Crippen LogP contribution in [0.4, 0.5) is 0 Å². The first kappa shape index (κ1) is 19.7. The highest BCUT2D eigenvalue weighted by atomic mass is 15.3. The van der Waals surface area contributed by atoms with E-state index in [1.807, 2.05) is 6.92 Å². The molecule has 0 aliphatic carbocycles. The van der Waals surface area contributed by atoms with Gasteiger partial charge in [0.2, 0.25) is 0 Å². The number of guanidine groups is 1. The van der Waals surface area contributed by atoms with Gasteiger partial charge >= 0.3 is 0 Å². The van der Waals surface area contributed by atoms with Crippen molar-refractivity contribution in [2.24, 2.45) is 4.99 Å². The van der Waals surface area contributed by atoms with Crippen molar-refractivity contribution in [2.45, 2.75) is 40.3 Å². The molecule has 6 nitrogen and oxygen atoms in total. The maximum absolute atomic E-state index is 4.69. The van der Waals surface area contributed by atoms with Crippen molar-refractivity contribution in [3.8, 4) is 0 Å². The predicted molar refractivity (Wildman–Crippen MR) is 107 cm³/mol. The highest BCUT2D eigenvalue weighted by Gasteiger charge is 2.08. The van der Waals surface area contributed by atoms with E-state index in [4.69, 9.17) is 0 Å². The summed E-state index contributed by atoms with van der Waals surface area (Å²) < 4.78 is 2.07. The van der Waals surface area contributed by atoms with E-state index < -0.39 is 0 Å². The van der Waals surface area contributed by atoms with E-state index in [1.165, 1.54) is 11.1 Å². The fourth-order valence-corrected chi connectivity index (χ4v) is 2.59. The zero-order valence-electron chi connectivity index (χ0n) is 16.4. The molecule has 140 valence electrons. The quantitative estimate of drug-likeness (QED) is 0.450. The van der Waals surface area contributed by atoms with Crippen LogP contribution in [0.5, 0.6) is 0 Å². The van der Waals surface area contributed by atoms with E-state index in [1.54, 1.807) is 6.33 Å². The minimum Gasteiger partial charge on any atom is -0.354 e. The Morgan fingerprint density at radius 2 is 2.04 bits per heavy atom. The van der Waals surface area contributed by atoms with Crippen molar-refractivity contribution in [2.75, 3.05) is 20.1 Å². The van der Waals surface area contributed by atoms with Gasteiger partial charge in [0.15, 0.2) is 5.96 Å². The van der Waals surface area contributed by atoms with E-state index >= 15 is 0 Å². The third kappa shape index (κ3) is 6.02. The minimum atomic E-state index is 0.618. The molecule has 0 radical (unpaired) electrons. The second kappa shape index (κ2) is 9.75. The second-order valence-corrected chi connectivity index (χ2v) is 6.66. The average Bonchev–Trinajstić information content (AvgIpc) is 3.07. The fraction of sp³-hybridized carbons (Fsp3) is 0.450. The molecule has 2 rings (SSSR count). The van der Waals surface area contributed by atoms with Gasteiger partial charge in [-0.25, -0.2) is 4.99 Å². The molecule has 1 N–H and O–H groups in total. The summed E-state index contributed by atoms with van der Waals surface area (Å²) in [5.74, 6) is 1.87. The standard InChI is InChI=1S/C20H30N6/c1-6-19-24-23-15-26(19)12-11-21-20(22-13-16(2)3)25(5)14-18-9-7-17(4)8-10-18/h7-10,15H,2,6,11-14H2,1,3-5H3,(H,21,22). The summed E-state index contributed by atoms with van der Waals surface area (Å²) in [5, 5.41) is 11.6. The lowest BCUT2D eigenvalue weighted by Gasteiger charge is -2.23. The van der Waals surface area contributed by atoms with Gasteiger partial charge in [-0.1, -0.05) is 48.9 Å². The predicted octanol–water partition coefficient (Wildman–Crippen LogP) is 2.80. The van der Waals surface area contributed by atoms with Gasteiger partial charge in [-0.05, 0) is 19.4 Å². The molecule has 0 amide bonds. The SMILES string of the molecule is C=C(C)CN=C(NCCn1cnnc1CC)N(C)Cc1ccc(C)cc1. The number of benzene rings is 1. The van der Waals surface area contributed by atoms with Gasteiger partial charge < -0.3 is 14.8 Å². The van der Waals surface area contributed by atoms with Gasteiger partial charge in [-0.2, -0.15) is 0 Å². The summed E-state index contributed by atoms with van der Waals surface area (Å²) in [5.41, 5.74) is 3.57. The highest BCUT2D eigenvalue weighted by molar-refractivity contribution is 5.79. The van der Waals surface area contributed by atoms with Crippen molar-refractivity contribution in [3.05, 3.63) is 59.7 Å². The normalized spacial score (nSPS) is 11.5. The Labute approximate surface area is 156 Å². The van der Waals surface area contributed by atoms with Crippen molar-refractivity contribution >= 4 is 5.96 Å². The van der Waals surface area contributed by atoms with E-state index in [0.717, 1.165) is 43.4 Å². The van der Waals surface area contributed by atoms with Crippen molar-refractivity contribution in [3.63, 3.8) is 0 Å². The van der Waals surface area contributed by atoms with Crippen LogP contribution in [0.15, 0.2) is 47.7 Å². The van der Waals surface area contributed by atoms with Gasteiger partial charge in [-0.3, -0.25) is 0 Å². The van der Waals surface area contributed by atoms with Crippen LogP contribution in [0, 0.1) is 6.92 Å². The van der Waals surface area contributed by atoms with Crippen LogP contribution >= 0.6 is 0 Å². The Hall–Kier alpha value is -2.63. The van der Waals surface area contributed by atoms with Crippen molar-refractivity contribution in [1.82, 2.24) is 25.0 Å². The van der Waals surface area contributed by atoms with Gasteiger partial charge in [-0.15, -0.1) is 10.2 Å². The van der Waals surface area contributed by atoms with Crippen LogP contribution < -0.4 is 5.32 Å². The number of nitrogens with one attached hydrogen (secondary N) is 1. The zero-order chi connectivity index (χ0) is 18.9. The number of aliphatic imine (C=N–C) groups is 1. The van der Waals surface area contributed by atoms with Gasteiger partial charge in [0, 0.05) is 33.1 Å². The van der Waals surface area contributed by atoms with E-state index in [-0.39, 0.29) is 0 Å². The van der Waals surface area contributed by atoms with Crippen LogP contribution in [0.1, 0.15) is 30.8 Å².